The van der Waals surface area contributed by atoms with Gasteiger partial charge in [0.05, 0.1) is 6.04 Å². The molecule has 1 fully saturated rings. The van der Waals surface area contributed by atoms with Crippen molar-refractivity contribution in [2.75, 3.05) is 6.61 Å². The van der Waals surface area contributed by atoms with Gasteiger partial charge in [-0.3, -0.25) is 4.79 Å². The van der Waals surface area contributed by atoms with Crippen LogP contribution in [0.4, 0.5) is 4.79 Å². The third-order valence-corrected chi connectivity index (χ3v) is 3.11. The molecule has 21 heavy (non-hydrogen) atoms. The summed E-state index contributed by atoms with van der Waals surface area (Å²) >= 11 is 0. The number of Topliss-reactive ketones (excluding diaryl/α,β-unsaturated/α-hetero) is 1. The van der Waals surface area contributed by atoms with Gasteiger partial charge in [0, 0.05) is 12.2 Å². The van der Waals surface area contributed by atoms with Crippen LogP contribution in [0.3, 0.4) is 0 Å². The molecule has 2 rings (SSSR count). The zero-order chi connectivity index (χ0) is 15.5. The quantitative estimate of drug-likeness (QED) is 0.869. The van der Waals surface area contributed by atoms with Crippen molar-refractivity contribution in [3.63, 3.8) is 0 Å². The fourth-order valence-corrected chi connectivity index (χ4v) is 2.22. The molecule has 1 aromatic rings. The molecular weight excluding hydrogens is 270 g/mol. The SMILES string of the molecule is CC(C)(C)OC(=O)N[C@H]1CCO[C@H]1C(=O)c1ccccc1. The van der Waals surface area contributed by atoms with Crippen LogP contribution < -0.4 is 5.32 Å². The highest BCUT2D eigenvalue weighted by atomic mass is 16.6. The maximum Gasteiger partial charge on any atom is 0.407 e. The lowest BCUT2D eigenvalue weighted by Gasteiger charge is -2.23. The van der Waals surface area contributed by atoms with E-state index in [1.165, 1.54) is 0 Å². The zero-order valence-corrected chi connectivity index (χ0v) is 12.6. The average molecular weight is 291 g/mol. The van der Waals surface area contributed by atoms with E-state index >= 15 is 0 Å². The highest BCUT2D eigenvalue weighted by molar-refractivity contribution is 6.00. The Labute approximate surface area is 124 Å². The van der Waals surface area contributed by atoms with Gasteiger partial charge in [-0.05, 0) is 27.2 Å². The second kappa shape index (κ2) is 6.26. The average Bonchev–Trinajstić information content (AvgIpc) is 2.84. The van der Waals surface area contributed by atoms with E-state index in [-0.39, 0.29) is 11.8 Å². The number of benzene rings is 1. The predicted octanol–water partition coefficient (Wildman–Crippen LogP) is 2.55. The van der Waals surface area contributed by atoms with Crippen LogP contribution in [0, 0.1) is 0 Å². The van der Waals surface area contributed by atoms with Crippen molar-refractivity contribution in [1.29, 1.82) is 0 Å². The Morgan fingerprint density at radius 1 is 1.24 bits per heavy atom. The Morgan fingerprint density at radius 3 is 2.52 bits per heavy atom. The Hall–Kier alpha value is -1.88. The van der Waals surface area contributed by atoms with Crippen molar-refractivity contribution < 1.29 is 19.1 Å². The molecule has 0 saturated carbocycles. The van der Waals surface area contributed by atoms with Crippen LogP contribution in [0.1, 0.15) is 37.6 Å². The number of carbonyl (C=O) groups excluding carboxylic acids is 2. The first-order valence-electron chi connectivity index (χ1n) is 7.07. The highest BCUT2D eigenvalue weighted by Gasteiger charge is 2.36. The molecular formula is C16H21NO4. The summed E-state index contributed by atoms with van der Waals surface area (Å²) in [6, 6.07) is 8.59. The molecule has 1 saturated heterocycles. The van der Waals surface area contributed by atoms with Crippen molar-refractivity contribution in [2.45, 2.75) is 44.9 Å². The van der Waals surface area contributed by atoms with Crippen molar-refractivity contribution in [2.24, 2.45) is 0 Å². The van der Waals surface area contributed by atoms with Crippen molar-refractivity contribution >= 4 is 11.9 Å². The zero-order valence-electron chi connectivity index (χ0n) is 12.6. The van der Waals surface area contributed by atoms with Gasteiger partial charge in [0.15, 0.2) is 5.78 Å². The first-order chi connectivity index (χ1) is 9.87. The van der Waals surface area contributed by atoms with Gasteiger partial charge in [-0.25, -0.2) is 4.79 Å². The summed E-state index contributed by atoms with van der Waals surface area (Å²) < 4.78 is 10.7. The van der Waals surface area contributed by atoms with Crippen molar-refractivity contribution in [3.8, 4) is 0 Å². The van der Waals surface area contributed by atoms with E-state index in [9.17, 15) is 9.59 Å². The number of carbonyl (C=O) groups is 2. The van der Waals surface area contributed by atoms with E-state index in [4.69, 9.17) is 9.47 Å². The molecule has 114 valence electrons. The van der Waals surface area contributed by atoms with E-state index in [2.05, 4.69) is 5.32 Å². The van der Waals surface area contributed by atoms with Gasteiger partial charge >= 0.3 is 6.09 Å². The standard InChI is InChI=1S/C16H21NO4/c1-16(2,3)21-15(19)17-12-9-10-20-14(12)13(18)11-7-5-4-6-8-11/h4-8,12,14H,9-10H2,1-3H3,(H,17,19)/t12-,14+/m0/s1. The third-order valence-electron chi connectivity index (χ3n) is 3.11. The van der Waals surface area contributed by atoms with Crippen LogP contribution in [-0.2, 0) is 9.47 Å². The van der Waals surface area contributed by atoms with E-state index in [0.29, 0.717) is 18.6 Å². The fraction of sp³-hybridized carbons (Fsp3) is 0.500. The Bertz CT molecular complexity index is 507. The number of ketones is 1. The molecule has 1 amide bonds. The van der Waals surface area contributed by atoms with Gasteiger partial charge in [0.2, 0.25) is 0 Å². The summed E-state index contributed by atoms with van der Waals surface area (Å²) in [5.74, 6) is -0.117. The van der Waals surface area contributed by atoms with Gasteiger partial charge < -0.3 is 14.8 Å². The fourth-order valence-electron chi connectivity index (χ4n) is 2.22. The van der Waals surface area contributed by atoms with Crippen molar-refractivity contribution in [1.82, 2.24) is 5.32 Å². The van der Waals surface area contributed by atoms with Gasteiger partial charge in [0.25, 0.3) is 0 Å². The normalized spacial score (nSPS) is 21.9. The van der Waals surface area contributed by atoms with E-state index in [1.54, 1.807) is 45.0 Å². The lowest BCUT2D eigenvalue weighted by atomic mass is 10.0. The van der Waals surface area contributed by atoms with Crippen LogP contribution in [0.5, 0.6) is 0 Å². The number of hydrogen-bond donors (Lipinski definition) is 1. The van der Waals surface area contributed by atoms with Crippen LogP contribution in [0.2, 0.25) is 0 Å². The molecule has 2 atom stereocenters. The smallest absolute Gasteiger partial charge is 0.407 e. The molecule has 5 heteroatoms. The molecule has 0 bridgehead atoms. The summed E-state index contributed by atoms with van der Waals surface area (Å²) in [5.41, 5.74) is 0.0167. The third kappa shape index (κ3) is 4.29. The second-order valence-corrected chi connectivity index (χ2v) is 6.06. The maximum atomic E-state index is 12.4. The largest absolute Gasteiger partial charge is 0.444 e. The summed E-state index contributed by atoms with van der Waals surface area (Å²) in [5, 5.41) is 2.73. The lowest BCUT2D eigenvalue weighted by molar-refractivity contribution is 0.0431. The summed E-state index contributed by atoms with van der Waals surface area (Å²) in [7, 11) is 0. The van der Waals surface area contributed by atoms with Gasteiger partial charge in [-0.15, -0.1) is 0 Å². The van der Waals surface area contributed by atoms with Crippen molar-refractivity contribution in [3.05, 3.63) is 35.9 Å². The number of rotatable bonds is 3. The topological polar surface area (TPSA) is 64.6 Å². The Morgan fingerprint density at radius 2 is 1.90 bits per heavy atom. The molecule has 1 heterocycles. The number of nitrogens with one attached hydrogen (secondary N) is 1. The molecule has 1 N–H and O–H groups in total. The predicted molar refractivity (Wildman–Crippen MR) is 78.3 cm³/mol. The van der Waals surface area contributed by atoms with Crippen LogP contribution >= 0.6 is 0 Å². The Kier molecular flexibility index (Phi) is 4.63. The minimum Gasteiger partial charge on any atom is -0.444 e. The number of amides is 1. The first-order valence-corrected chi connectivity index (χ1v) is 7.07. The van der Waals surface area contributed by atoms with Crippen LogP contribution in [-0.4, -0.2) is 36.2 Å². The van der Waals surface area contributed by atoms with Crippen LogP contribution in [0.15, 0.2) is 30.3 Å². The van der Waals surface area contributed by atoms with E-state index in [1.807, 2.05) is 6.07 Å². The van der Waals surface area contributed by atoms with Gasteiger partial charge in [0.1, 0.15) is 11.7 Å². The molecule has 0 unspecified atom stereocenters. The van der Waals surface area contributed by atoms with Crippen LogP contribution in [0.25, 0.3) is 0 Å². The summed E-state index contributed by atoms with van der Waals surface area (Å²) in [6.45, 7) is 5.84. The molecule has 1 aliphatic heterocycles. The van der Waals surface area contributed by atoms with Gasteiger partial charge in [-0.2, -0.15) is 0 Å². The number of hydrogen-bond acceptors (Lipinski definition) is 4. The maximum absolute atomic E-state index is 12.4. The molecule has 0 radical (unpaired) electrons. The Balaban J connectivity index is 2.00. The monoisotopic (exact) mass is 291 g/mol. The first kappa shape index (κ1) is 15.5. The van der Waals surface area contributed by atoms with Gasteiger partial charge in [-0.1, -0.05) is 30.3 Å². The molecule has 0 aromatic heterocycles. The molecule has 5 nitrogen and oxygen atoms in total. The molecule has 0 aliphatic carbocycles. The number of alkyl carbamates (subject to hydrolysis) is 1. The summed E-state index contributed by atoms with van der Waals surface area (Å²) in [4.78, 5) is 24.2. The van der Waals surface area contributed by atoms with E-state index in [0.717, 1.165) is 0 Å². The molecule has 0 spiro atoms. The minimum absolute atomic E-state index is 0.117. The molecule has 1 aromatic carbocycles. The second-order valence-electron chi connectivity index (χ2n) is 6.06. The minimum atomic E-state index is -0.653. The number of ether oxygens (including phenoxy) is 2. The van der Waals surface area contributed by atoms with E-state index < -0.39 is 17.8 Å². The lowest BCUT2D eigenvalue weighted by Crippen LogP contribution is -2.46. The highest BCUT2D eigenvalue weighted by Crippen LogP contribution is 2.19. The molecule has 1 aliphatic rings. The summed E-state index contributed by atoms with van der Waals surface area (Å²) in [6.07, 6.45) is -0.577.